The van der Waals surface area contributed by atoms with Gasteiger partial charge in [-0.2, -0.15) is 0 Å². The van der Waals surface area contributed by atoms with Crippen LogP contribution >= 0.6 is 0 Å². The summed E-state index contributed by atoms with van der Waals surface area (Å²) < 4.78 is 10.2. The average Bonchev–Trinajstić information content (AvgIpc) is 2.91. The van der Waals surface area contributed by atoms with Gasteiger partial charge in [-0.25, -0.2) is 4.98 Å². The van der Waals surface area contributed by atoms with Gasteiger partial charge in [0.1, 0.15) is 12.0 Å². The molecule has 0 atom stereocenters. The molecule has 0 bridgehead atoms. The zero-order valence-electron chi connectivity index (χ0n) is 12.4. The standard InChI is InChI=1S/C16H20N2O3/c1-12-18-14(11-21-12)5-8-16(19)17-10-9-13-3-6-15(20-2)7-4-13/h3-4,6-7,11H,5,8-10H2,1-2H3,(H,17,19). The molecule has 1 aromatic heterocycles. The van der Waals surface area contributed by atoms with E-state index >= 15 is 0 Å². The van der Waals surface area contributed by atoms with Crippen LogP contribution < -0.4 is 10.1 Å². The van der Waals surface area contributed by atoms with Crippen molar-refractivity contribution in [1.29, 1.82) is 0 Å². The molecule has 1 heterocycles. The van der Waals surface area contributed by atoms with Gasteiger partial charge in [0.25, 0.3) is 0 Å². The predicted octanol–water partition coefficient (Wildman–Crippen LogP) is 2.28. The Kier molecular flexibility index (Phi) is 5.37. The molecule has 2 rings (SSSR count). The summed E-state index contributed by atoms with van der Waals surface area (Å²) in [6.45, 7) is 2.42. The molecule has 112 valence electrons. The molecule has 0 aliphatic carbocycles. The third-order valence-electron chi connectivity index (χ3n) is 3.17. The van der Waals surface area contributed by atoms with Crippen molar-refractivity contribution in [3.63, 3.8) is 0 Å². The molecular weight excluding hydrogens is 268 g/mol. The van der Waals surface area contributed by atoms with E-state index in [9.17, 15) is 4.79 Å². The minimum absolute atomic E-state index is 0.0316. The van der Waals surface area contributed by atoms with Gasteiger partial charge in [-0.15, -0.1) is 0 Å². The summed E-state index contributed by atoms with van der Waals surface area (Å²) in [4.78, 5) is 15.9. The molecule has 0 aliphatic heterocycles. The third kappa shape index (κ3) is 4.95. The molecule has 0 radical (unpaired) electrons. The highest BCUT2D eigenvalue weighted by atomic mass is 16.5. The number of carbonyl (C=O) groups is 1. The molecule has 0 fully saturated rings. The van der Waals surface area contributed by atoms with Crippen molar-refractivity contribution in [2.45, 2.75) is 26.2 Å². The number of hydrogen-bond acceptors (Lipinski definition) is 4. The summed E-state index contributed by atoms with van der Waals surface area (Å²) in [6.07, 6.45) is 3.43. The van der Waals surface area contributed by atoms with E-state index < -0.39 is 0 Å². The number of hydrogen-bond donors (Lipinski definition) is 1. The largest absolute Gasteiger partial charge is 0.497 e. The Morgan fingerprint density at radius 3 is 2.67 bits per heavy atom. The van der Waals surface area contributed by atoms with Crippen molar-refractivity contribution in [2.24, 2.45) is 0 Å². The molecular formula is C16H20N2O3. The summed E-state index contributed by atoms with van der Waals surface area (Å²) in [5.41, 5.74) is 1.99. The minimum Gasteiger partial charge on any atom is -0.497 e. The van der Waals surface area contributed by atoms with Crippen LogP contribution in [0.1, 0.15) is 23.6 Å². The first-order chi connectivity index (χ1) is 10.2. The number of rotatable bonds is 7. The van der Waals surface area contributed by atoms with Crippen LogP contribution in [0.2, 0.25) is 0 Å². The predicted molar refractivity (Wildman–Crippen MR) is 79.3 cm³/mol. The maximum Gasteiger partial charge on any atom is 0.220 e. The van der Waals surface area contributed by atoms with Gasteiger partial charge in [-0.05, 0) is 24.1 Å². The molecule has 1 aromatic carbocycles. The molecule has 0 saturated carbocycles. The molecule has 0 unspecified atom stereocenters. The van der Waals surface area contributed by atoms with E-state index in [-0.39, 0.29) is 5.91 Å². The number of carbonyl (C=O) groups excluding carboxylic acids is 1. The molecule has 5 heteroatoms. The summed E-state index contributed by atoms with van der Waals surface area (Å²) in [6, 6.07) is 7.85. The Labute approximate surface area is 124 Å². The number of oxazole rings is 1. The lowest BCUT2D eigenvalue weighted by Crippen LogP contribution is -2.25. The van der Waals surface area contributed by atoms with E-state index in [2.05, 4.69) is 10.3 Å². The minimum atomic E-state index is 0.0316. The quantitative estimate of drug-likeness (QED) is 0.849. The zero-order chi connectivity index (χ0) is 15.1. The van der Waals surface area contributed by atoms with Crippen molar-refractivity contribution in [1.82, 2.24) is 10.3 Å². The maximum atomic E-state index is 11.7. The van der Waals surface area contributed by atoms with Gasteiger partial charge in [-0.3, -0.25) is 4.79 Å². The van der Waals surface area contributed by atoms with E-state index in [0.29, 0.717) is 25.3 Å². The van der Waals surface area contributed by atoms with Gasteiger partial charge in [0.05, 0.1) is 12.8 Å². The van der Waals surface area contributed by atoms with Crippen LogP contribution in [0, 0.1) is 6.92 Å². The molecule has 0 spiro atoms. The zero-order valence-corrected chi connectivity index (χ0v) is 12.4. The van der Waals surface area contributed by atoms with E-state index in [1.165, 1.54) is 5.56 Å². The Hall–Kier alpha value is -2.30. The highest BCUT2D eigenvalue weighted by Crippen LogP contribution is 2.11. The molecule has 21 heavy (non-hydrogen) atoms. The lowest BCUT2D eigenvalue weighted by molar-refractivity contribution is -0.121. The topological polar surface area (TPSA) is 64.4 Å². The van der Waals surface area contributed by atoms with E-state index in [1.807, 2.05) is 24.3 Å². The summed E-state index contributed by atoms with van der Waals surface area (Å²) in [5, 5.41) is 2.91. The summed E-state index contributed by atoms with van der Waals surface area (Å²) in [5.74, 6) is 1.50. The first kappa shape index (κ1) is 15.1. The first-order valence-electron chi connectivity index (χ1n) is 6.98. The highest BCUT2D eigenvalue weighted by molar-refractivity contribution is 5.76. The fourth-order valence-electron chi connectivity index (χ4n) is 1.99. The van der Waals surface area contributed by atoms with Crippen molar-refractivity contribution in [3.05, 3.63) is 47.7 Å². The Balaban J connectivity index is 1.66. The molecule has 0 saturated heterocycles. The SMILES string of the molecule is COc1ccc(CCNC(=O)CCc2coc(C)n2)cc1. The van der Waals surface area contributed by atoms with Gasteiger partial charge >= 0.3 is 0 Å². The van der Waals surface area contributed by atoms with Gasteiger partial charge in [0.2, 0.25) is 5.91 Å². The van der Waals surface area contributed by atoms with Crippen molar-refractivity contribution >= 4 is 5.91 Å². The molecule has 2 aromatic rings. The maximum absolute atomic E-state index is 11.7. The second-order valence-corrected chi connectivity index (χ2v) is 4.81. The second kappa shape index (κ2) is 7.47. The third-order valence-corrected chi connectivity index (χ3v) is 3.17. The van der Waals surface area contributed by atoms with Gasteiger partial charge in [0, 0.05) is 26.3 Å². The van der Waals surface area contributed by atoms with Crippen LogP contribution in [0.4, 0.5) is 0 Å². The Bertz CT molecular complexity index is 575. The lowest BCUT2D eigenvalue weighted by atomic mass is 10.1. The van der Waals surface area contributed by atoms with Crippen molar-refractivity contribution in [2.75, 3.05) is 13.7 Å². The van der Waals surface area contributed by atoms with Crippen LogP contribution in [0.3, 0.4) is 0 Å². The number of methoxy groups -OCH3 is 1. The van der Waals surface area contributed by atoms with Crippen LogP contribution in [-0.4, -0.2) is 24.5 Å². The van der Waals surface area contributed by atoms with E-state index in [4.69, 9.17) is 9.15 Å². The van der Waals surface area contributed by atoms with Crippen LogP contribution in [-0.2, 0) is 17.6 Å². The van der Waals surface area contributed by atoms with Crippen molar-refractivity contribution in [3.8, 4) is 5.75 Å². The second-order valence-electron chi connectivity index (χ2n) is 4.81. The molecule has 0 aliphatic rings. The number of aryl methyl sites for hydroxylation is 2. The molecule has 5 nitrogen and oxygen atoms in total. The number of nitrogens with one attached hydrogen (secondary N) is 1. The smallest absolute Gasteiger partial charge is 0.220 e. The fourth-order valence-corrected chi connectivity index (χ4v) is 1.99. The number of ether oxygens (including phenoxy) is 1. The van der Waals surface area contributed by atoms with Crippen LogP contribution in [0.15, 0.2) is 34.9 Å². The summed E-state index contributed by atoms with van der Waals surface area (Å²) in [7, 11) is 1.64. The summed E-state index contributed by atoms with van der Waals surface area (Å²) >= 11 is 0. The Morgan fingerprint density at radius 2 is 2.05 bits per heavy atom. The first-order valence-corrected chi connectivity index (χ1v) is 6.98. The average molecular weight is 288 g/mol. The Morgan fingerprint density at radius 1 is 1.29 bits per heavy atom. The number of amides is 1. The van der Waals surface area contributed by atoms with E-state index in [1.54, 1.807) is 20.3 Å². The highest BCUT2D eigenvalue weighted by Gasteiger charge is 2.05. The number of nitrogens with zero attached hydrogens (tertiary/aromatic N) is 1. The van der Waals surface area contributed by atoms with Gasteiger partial charge < -0.3 is 14.5 Å². The molecule has 1 N–H and O–H groups in total. The normalized spacial score (nSPS) is 10.4. The van der Waals surface area contributed by atoms with Crippen LogP contribution in [0.5, 0.6) is 5.75 Å². The fraction of sp³-hybridized carbons (Fsp3) is 0.375. The monoisotopic (exact) mass is 288 g/mol. The molecule has 1 amide bonds. The van der Waals surface area contributed by atoms with Gasteiger partial charge in [-0.1, -0.05) is 12.1 Å². The van der Waals surface area contributed by atoms with Crippen LogP contribution in [0.25, 0.3) is 0 Å². The van der Waals surface area contributed by atoms with Crippen molar-refractivity contribution < 1.29 is 13.9 Å². The number of benzene rings is 1. The van der Waals surface area contributed by atoms with Gasteiger partial charge in [0.15, 0.2) is 5.89 Å². The number of aromatic nitrogens is 1. The lowest BCUT2D eigenvalue weighted by Gasteiger charge is -2.05. The van der Waals surface area contributed by atoms with E-state index in [0.717, 1.165) is 17.9 Å².